The van der Waals surface area contributed by atoms with E-state index in [-0.39, 0.29) is 30.4 Å². The van der Waals surface area contributed by atoms with Gasteiger partial charge in [-0.25, -0.2) is 0 Å². The van der Waals surface area contributed by atoms with Crippen LogP contribution in [0.4, 0.5) is 0 Å². The smallest absolute Gasteiger partial charge is 0.217 e. The summed E-state index contributed by atoms with van der Waals surface area (Å²) in [5.41, 5.74) is 0. The zero-order valence-electron chi connectivity index (χ0n) is 9.44. The average Bonchev–Trinajstić information content (AvgIpc) is 2.47. The van der Waals surface area contributed by atoms with Crippen LogP contribution in [0.1, 0.15) is 27.7 Å². The summed E-state index contributed by atoms with van der Waals surface area (Å²) in [7, 11) is 0. The molecule has 0 aromatic heterocycles. The van der Waals surface area contributed by atoms with E-state index in [1.165, 1.54) is 6.92 Å². The van der Waals surface area contributed by atoms with E-state index in [0.29, 0.717) is 0 Å². The van der Waals surface area contributed by atoms with Gasteiger partial charge in [0.15, 0.2) is 12.1 Å². The van der Waals surface area contributed by atoms with Crippen LogP contribution in [-0.4, -0.2) is 36.2 Å². The van der Waals surface area contributed by atoms with Crippen LogP contribution in [0.15, 0.2) is 0 Å². The van der Waals surface area contributed by atoms with E-state index in [2.05, 4.69) is 5.32 Å². The van der Waals surface area contributed by atoms with Crippen molar-refractivity contribution in [2.45, 2.75) is 58.0 Å². The van der Waals surface area contributed by atoms with Gasteiger partial charge in [-0.2, -0.15) is 0 Å². The molecular weight excluding hydrogens is 198 g/mol. The molecule has 86 valence electrons. The molecule has 0 radical (unpaired) electrons. The summed E-state index contributed by atoms with van der Waals surface area (Å²) in [5, 5.41) is 2.83. The van der Waals surface area contributed by atoms with Gasteiger partial charge in [-0.15, -0.1) is 0 Å². The van der Waals surface area contributed by atoms with Gasteiger partial charge in [-0.1, -0.05) is 0 Å². The van der Waals surface area contributed by atoms with Crippen LogP contribution in [0.3, 0.4) is 0 Å². The predicted molar refractivity (Wildman–Crippen MR) is 52.0 cm³/mol. The molecule has 2 rings (SSSR count). The van der Waals surface area contributed by atoms with Crippen molar-refractivity contribution in [1.82, 2.24) is 5.32 Å². The first-order chi connectivity index (χ1) is 6.89. The average molecular weight is 215 g/mol. The van der Waals surface area contributed by atoms with E-state index in [9.17, 15) is 4.79 Å². The van der Waals surface area contributed by atoms with Crippen molar-refractivity contribution in [2.75, 3.05) is 0 Å². The third kappa shape index (κ3) is 2.00. The van der Waals surface area contributed by atoms with E-state index in [4.69, 9.17) is 14.2 Å². The minimum atomic E-state index is -0.633. The van der Waals surface area contributed by atoms with Gasteiger partial charge in [0, 0.05) is 6.92 Å². The lowest BCUT2D eigenvalue weighted by Crippen LogP contribution is -2.46. The summed E-state index contributed by atoms with van der Waals surface area (Å²) in [4.78, 5) is 11.0. The fraction of sp³-hybridized carbons (Fsp3) is 0.900. The molecule has 1 N–H and O–H groups in total. The number of fused-ring (bicyclic) bond motifs is 1. The first-order valence-electron chi connectivity index (χ1n) is 5.17. The molecule has 0 unspecified atom stereocenters. The van der Waals surface area contributed by atoms with Crippen LogP contribution in [0, 0.1) is 0 Å². The Balaban J connectivity index is 2.08. The van der Waals surface area contributed by atoms with Crippen LogP contribution < -0.4 is 5.32 Å². The molecule has 15 heavy (non-hydrogen) atoms. The van der Waals surface area contributed by atoms with Crippen LogP contribution in [0.25, 0.3) is 0 Å². The largest absolute Gasteiger partial charge is 0.348 e. The highest BCUT2D eigenvalue weighted by Gasteiger charge is 2.53. The fourth-order valence-electron chi connectivity index (χ4n) is 2.10. The van der Waals surface area contributed by atoms with Gasteiger partial charge < -0.3 is 19.5 Å². The topological polar surface area (TPSA) is 56.8 Å². The lowest BCUT2D eigenvalue weighted by Gasteiger charge is -2.24. The highest BCUT2D eigenvalue weighted by atomic mass is 16.8. The molecule has 2 saturated heterocycles. The van der Waals surface area contributed by atoms with E-state index in [1.807, 2.05) is 20.8 Å². The molecule has 5 nitrogen and oxygen atoms in total. The van der Waals surface area contributed by atoms with Crippen LogP contribution in [-0.2, 0) is 19.0 Å². The molecule has 2 heterocycles. The summed E-state index contributed by atoms with van der Waals surface area (Å²) in [6.07, 6.45) is -0.661. The molecule has 2 aliphatic heterocycles. The van der Waals surface area contributed by atoms with Crippen molar-refractivity contribution < 1.29 is 19.0 Å². The maximum absolute atomic E-state index is 11.0. The molecule has 0 bridgehead atoms. The highest BCUT2D eigenvalue weighted by molar-refractivity contribution is 5.73. The second-order valence-electron chi connectivity index (χ2n) is 4.54. The van der Waals surface area contributed by atoms with E-state index >= 15 is 0 Å². The third-order valence-corrected chi connectivity index (χ3v) is 2.67. The Morgan fingerprint density at radius 3 is 2.60 bits per heavy atom. The number of amides is 1. The number of carbonyl (C=O) groups excluding carboxylic acids is 1. The number of ether oxygens (including phenoxy) is 3. The number of nitrogens with one attached hydrogen (secondary N) is 1. The molecule has 0 spiro atoms. The van der Waals surface area contributed by atoms with Crippen molar-refractivity contribution in [3.63, 3.8) is 0 Å². The maximum Gasteiger partial charge on any atom is 0.217 e. The molecule has 2 aliphatic rings. The molecule has 0 aliphatic carbocycles. The molecule has 5 heteroatoms. The van der Waals surface area contributed by atoms with Gasteiger partial charge in [-0.05, 0) is 20.8 Å². The Morgan fingerprint density at radius 1 is 1.33 bits per heavy atom. The Hall–Kier alpha value is -0.650. The Kier molecular flexibility index (Phi) is 2.48. The zero-order chi connectivity index (χ0) is 11.2. The van der Waals surface area contributed by atoms with Crippen molar-refractivity contribution >= 4 is 5.91 Å². The lowest BCUT2D eigenvalue weighted by molar-refractivity contribution is -0.205. The van der Waals surface area contributed by atoms with Crippen LogP contribution in [0.5, 0.6) is 0 Å². The van der Waals surface area contributed by atoms with Crippen molar-refractivity contribution in [1.29, 1.82) is 0 Å². The Bertz CT molecular complexity index is 279. The fourth-order valence-corrected chi connectivity index (χ4v) is 2.10. The zero-order valence-corrected chi connectivity index (χ0v) is 9.44. The summed E-state index contributed by atoms with van der Waals surface area (Å²) in [6, 6.07) is -0.130. The van der Waals surface area contributed by atoms with E-state index in [0.717, 1.165) is 0 Å². The monoisotopic (exact) mass is 215 g/mol. The Labute approximate surface area is 89.1 Å². The van der Waals surface area contributed by atoms with Gasteiger partial charge in [-0.3, -0.25) is 4.79 Å². The molecule has 2 fully saturated rings. The van der Waals surface area contributed by atoms with Gasteiger partial charge >= 0.3 is 0 Å². The SMILES string of the molecule is CC(=O)N[C@@H]1[C@H]2OC(C)(C)O[C@H]2O[C@@H]1C. The van der Waals surface area contributed by atoms with E-state index in [1.54, 1.807) is 0 Å². The summed E-state index contributed by atoms with van der Waals surface area (Å²) in [5.74, 6) is -0.712. The number of carbonyl (C=O) groups is 1. The third-order valence-electron chi connectivity index (χ3n) is 2.67. The van der Waals surface area contributed by atoms with Gasteiger partial charge in [0.25, 0.3) is 0 Å². The second-order valence-corrected chi connectivity index (χ2v) is 4.54. The van der Waals surface area contributed by atoms with Crippen molar-refractivity contribution in [3.05, 3.63) is 0 Å². The standard InChI is InChI=1S/C10H17NO4/c1-5-7(11-6(2)12)8-9(13-5)15-10(3,4)14-8/h5,7-9H,1-4H3,(H,11,12)/t5-,7+,8-,9-/m1/s1. The minimum absolute atomic E-state index is 0.0793. The van der Waals surface area contributed by atoms with Gasteiger partial charge in [0.2, 0.25) is 5.91 Å². The second kappa shape index (κ2) is 3.43. The quantitative estimate of drug-likeness (QED) is 0.687. The maximum atomic E-state index is 11.0. The highest BCUT2D eigenvalue weighted by Crippen LogP contribution is 2.37. The molecule has 1 amide bonds. The number of hydrogen-bond acceptors (Lipinski definition) is 4. The Morgan fingerprint density at radius 2 is 2.00 bits per heavy atom. The molecule has 4 atom stereocenters. The normalized spacial score (nSPS) is 42.7. The van der Waals surface area contributed by atoms with Crippen molar-refractivity contribution in [3.8, 4) is 0 Å². The molecule has 0 aromatic rings. The summed E-state index contributed by atoms with van der Waals surface area (Å²) < 4.78 is 16.8. The molecule has 0 aromatic carbocycles. The minimum Gasteiger partial charge on any atom is -0.348 e. The molecular formula is C10H17NO4. The van der Waals surface area contributed by atoms with E-state index < -0.39 is 5.79 Å². The summed E-state index contributed by atoms with van der Waals surface area (Å²) in [6.45, 7) is 7.06. The van der Waals surface area contributed by atoms with Gasteiger partial charge in [0.05, 0.1) is 12.1 Å². The first kappa shape index (κ1) is 10.9. The van der Waals surface area contributed by atoms with Crippen LogP contribution in [0.2, 0.25) is 0 Å². The van der Waals surface area contributed by atoms with Crippen LogP contribution >= 0.6 is 0 Å². The molecule has 0 saturated carbocycles. The lowest BCUT2D eigenvalue weighted by atomic mass is 10.1. The van der Waals surface area contributed by atoms with Gasteiger partial charge in [0.1, 0.15) is 6.10 Å². The predicted octanol–water partition coefficient (Wildman–Crippen LogP) is 0.387. The number of hydrogen-bond donors (Lipinski definition) is 1. The number of rotatable bonds is 1. The first-order valence-corrected chi connectivity index (χ1v) is 5.17. The summed E-state index contributed by atoms with van der Waals surface area (Å²) >= 11 is 0. The van der Waals surface area contributed by atoms with Crippen molar-refractivity contribution in [2.24, 2.45) is 0 Å².